The predicted octanol–water partition coefficient (Wildman–Crippen LogP) is 2.79. The zero-order valence-electron chi connectivity index (χ0n) is 10.4. The molecule has 0 bridgehead atoms. The number of nitro benzene ring substituents is 1. The van der Waals surface area contributed by atoms with Gasteiger partial charge in [-0.05, 0) is 18.6 Å². The maximum absolute atomic E-state index is 10.9. The topological polar surface area (TPSA) is 103 Å². The van der Waals surface area contributed by atoms with Gasteiger partial charge in [-0.15, -0.1) is 0 Å². The van der Waals surface area contributed by atoms with Crippen LogP contribution in [-0.4, -0.2) is 21.0 Å². The Hall–Kier alpha value is -2.96. The normalized spacial score (nSPS) is 10.1. The second kappa shape index (κ2) is 5.35. The largest absolute Gasteiger partial charge is 0.478 e. The van der Waals surface area contributed by atoms with Gasteiger partial charge in [-0.1, -0.05) is 6.07 Å². The number of ether oxygens (including phenoxy) is 1. The quantitative estimate of drug-likeness (QED) is 0.679. The minimum atomic E-state index is -1.19. The Morgan fingerprint density at radius 2 is 2.10 bits per heavy atom. The summed E-state index contributed by atoms with van der Waals surface area (Å²) in [6.07, 6.45) is 1.54. The SMILES string of the molecule is Cc1ccc(Oc2cc(C(=O)O)ccc2[N+](=O)[O-])nc1. The lowest BCUT2D eigenvalue weighted by Gasteiger charge is -2.06. The van der Waals surface area contributed by atoms with E-state index in [0.717, 1.165) is 23.8 Å². The summed E-state index contributed by atoms with van der Waals surface area (Å²) < 4.78 is 5.30. The van der Waals surface area contributed by atoms with Crippen LogP contribution >= 0.6 is 0 Å². The Morgan fingerprint density at radius 3 is 2.65 bits per heavy atom. The van der Waals surface area contributed by atoms with E-state index in [2.05, 4.69) is 4.98 Å². The fourth-order valence-corrected chi connectivity index (χ4v) is 1.51. The van der Waals surface area contributed by atoms with Crippen LogP contribution in [0.25, 0.3) is 0 Å². The molecule has 0 aliphatic heterocycles. The van der Waals surface area contributed by atoms with Crippen molar-refractivity contribution in [1.29, 1.82) is 0 Å². The van der Waals surface area contributed by atoms with E-state index in [4.69, 9.17) is 9.84 Å². The summed E-state index contributed by atoms with van der Waals surface area (Å²) in [4.78, 5) is 25.1. The first-order valence-corrected chi connectivity index (χ1v) is 5.59. The number of hydrogen-bond donors (Lipinski definition) is 1. The first-order chi connectivity index (χ1) is 9.47. The van der Waals surface area contributed by atoms with Gasteiger partial charge in [0.25, 0.3) is 0 Å². The Balaban J connectivity index is 2.41. The molecule has 1 heterocycles. The van der Waals surface area contributed by atoms with Crippen molar-refractivity contribution >= 4 is 11.7 Å². The highest BCUT2D eigenvalue weighted by molar-refractivity contribution is 5.88. The second-order valence-electron chi connectivity index (χ2n) is 4.02. The lowest BCUT2D eigenvalue weighted by atomic mass is 10.2. The molecule has 7 heteroatoms. The molecule has 0 radical (unpaired) electrons. The first kappa shape index (κ1) is 13.5. The minimum Gasteiger partial charge on any atom is -0.478 e. The average molecular weight is 274 g/mol. The molecule has 0 atom stereocenters. The highest BCUT2D eigenvalue weighted by Crippen LogP contribution is 2.31. The van der Waals surface area contributed by atoms with Gasteiger partial charge < -0.3 is 9.84 Å². The van der Waals surface area contributed by atoms with E-state index in [1.54, 1.807) is 18.3 Å². The molecule has 102 valence electrons. The molecule has 1 N–H and O–H groups in total. The van der Waals surface area contributed by atoms with E-state index in [1.807, 2.05) is 6.92 Å². The third-order valence-electron chi connectivity index (χ3n) is 2.50. The van der Waals surface area contributed by atoms with Crippen molar-refractivity contribution in [2.24, 2.45) is 0 Å². The smallest absolute Gasteiger partial charge is 0.335 e. The van der Waals surface area contributed by atoms with Gasteiger partial charge in [0.05, 0.1) is 10.5 Å². The maximum Gasteiger partial charge on any atom is 0.335 e. The third kappa shape index (κ3) is 2.89. The summed E-state index contributed by atoms with van der Waals surface area (Å²) in [5, 5.41) is 19.8. The molecule has 2 aromatic rings. The van der Waals surface area contributed by atoms with Gasteiger partial charge in [0.15, 0.2) is 0 Å². The highest BCUT2D eigenvalue weighted by atomic mass is 16.6. The van der Waals surface area contributed by atoms with Crippen LogP contribution in [0.15, 0.2) is 36.5 Å². The summed E-state index contributed by atoms with van der Waals surface area (Å²) in [6.45, 7) is 1.84. The lowest BCUT2D eigenvalue weighted by Crippen LogP contribution is -2.00. The maximum atomic E-state index is 10.9. The van der Waals surface area contributed by atoms with Gasteiger partial charge >= 0.3 is 11.7 Å². The number of nitrogens with zero attached hydrogens (tertiary/aromatic N) is 2. The van der Waals surface area contributed by atoms with E-state index in [9.17, 15) is 14.9 Å². The molecule has 2 rings (SSSR count). The summed E-state index contributed by atoms with van der Waals surface area (Å²) in [5.41, 5.74) is 0.487. The minimum absolute atomic E-state index is 0.0993. The fraction of sp³-hybridized carbons (Fsp3) is 0.0769. The Morgan fingerprint density at radius 1 is 1.35 bits per heavy atom. The number of carboxylic acid groups (broad SMARTS) is 1. The Labute approximate surface area is 113 Å². The molecule has 0 aliphatic rings. The Kier molecular flexibility index (Phi) is 3.60. The van der Waals surface area contributed by atoms with Crippen molar-refractivity contribution in [2.75, 3.05) is 0 Å². The van der Waals surface area contributed by atoms with Crippen LogP contribution in [0.4, 0.5) is 5.69 Å². The van der Waals surface area contributed by atoms with Gasteiger partial charge in [0.2, 0.25) is 11.6 Å². The molecule has 0 fully saturated rings. The van der Waals surface area contributed by atoms with Gasteiger partial charge in [0.1, 0.15) is 0 Å². The van der Waals surface area contributed by atoms with Gasteiger partial charge in [-0.3, -0.25) is 10.1 Å². The monoisotopic (exact) mass is 274 g/mol. The van der Waals surface area contributed by atoms with Crippen molar-refractivity contribution in [3.63, 3.8) is 0 Å². The molecule has 0 amide bonds. The molecule has 1 aromatic heterocycles. The molecular formula is C13H10N2O5. The van der Waals surface area contributed by atoms with Crippen molar-refractivity contribution in [2.45, 2.75) is 6.92 Å². The highest BCUT2D eigenvalue weighted by Gasteiger charge is 2.18. The molecule has 1 aromatic carbocycles. The van der Waals surface area contributed by atoms with Gasteiger partial charge in [0, 0.05) is 24.4 Å². The number of carboxylic acids is 1. The summed E-state index contributed by atoms with van der Waals surface area (Å²) in [5.74, 6) is -1.20. The first-order valence-electron chi connectivity index (χ1n) is 5.59. The fourth-order valence-electron chi connectivity index (χ4n) is 1.51. The van der Waals surface area contributed by atoms with Crippen molar-refractivity contribution in [1.82, 2.24) is 4.98 Å². The second-order valence-corrected chi connectivity index (χ2v) is 4.02. The van der Waals surface area contributed by atoms with E-state index in [0.29, 0.717) is 0 Å². The predicted molar refractivity (Wildman–Crippen MR) is 69.1 cm³/mol. The van der Waals surface area contributed by atoms with E-state index >= 15 is 0 Å². The number of benzene rings is 1. The third-order valence-corrected chi connectivity index (χ3v) is 2.50. The van der Waals surface area contributed by atoms with Crippen LogP contribution in [0.1, 0.15) is 15.9 Å². The number of aryl methyl sites for hydroxylation is 1. The Bertz CT molecular complexity index is 667. The molecule has 0 saturated carbocycles. The number of hydrogen-bond acceptors (Lipinski definition) is 5. The van der Waals surface area contributed by atoms with Gasteiger partial charge in [-0.25, -0.2) is 9.78 Å². The molecule has 0 aliphatic carbocycles. The standard InChI is InChI=1S/C13H10N2O5/c1-8-2-5-12(14-7-8)20-11-6-9(13(16)17)3-4-10(11)15(18)19/h2-7H,1H3,(H,16,17). The number of pyridine rings is 1. The van der Waals surface area contributed by atoms with Crippen LogP contribution in [0.2, 0.25) is 0 Å². The summed E-state index contributed by atoms with van der Waals surface area (Å²) in [6, 6.07) is 6.62. The molecule has 20 heavy (non-hydrogen) atoms. The lowest BCUT2D eigenvalue weighted by molar-refractivity contribution is -0.385. The number of aromatic carboxylic acids is 1. The molecule has 0 spiro atoms. The van der Waals surface area contributed by atoms with Gasteiger partial charge in [-0.2, -0.15) is 0 Å². The van der Waals surface area contributed by atoms with E-state index in [1.165, 1.54) is 0 Å². The molecule has 0 saturated heterocycles. The number of rotatable bonds is 4. The number of nitro groups is 1. The van der Waals surface area contributed by atoms with Crippen molar-refractivity contribution in [3.05, 3.63) is 57.8 Å². The summed E-state index contributed by atoms with van der Waals surface area (Å²) >= 11 is 0. The summed E-state index contributed by atoms with van der Waals surface area (Å²) in [7, 11) is 0. The number of carbonyl (C=O) groups is 1. The van der Waals surface area contributed by atoms with Crippen LogP contribution < -0.4 is 4.74 Å². The van der Waals surface area contributed by atoms with Crippen molar-refractivity contribution < 1.29 is 19.6 Å². The van der Waals surface area contributed by atoms with Crippen LogP contribution in [0.5, 0.6) is 11.6 Å². The van der Waals surface area contributed by atoms with Crippen LogP contribution in [0, 0.1) is 17.0 Å². The van der Waals surface area contributed by atoms with Crippen LogP contribution in [0.3, 0.4) is 0 Å². The van der Waals surface area contributed by atoms with Crippen LogP contribution in [-0.2, 0) is 0 Å². The van der Waals surface area contributed by atoms with E-state index < -0.39 is 10.9 Å². The molecule has 0 unspecified atom stereocenters. The van der Waals surface area contributed by atoms with E-state index in [-0.39, 0.29) is 22.9 Å². The zero-order chi connectivity index (χ0) is 14.7. The van der Waals surface area contributed by atoms with Crippen molar-refractivity contribution in [3.8, 4) is 11.6 Å². The molecular weight excluding hydrogens is 264 g/mol. The molecule has 7 nitrogen and oxygen atoms in total. The average Bonchev–Trinajstić information content (AvgIpc) is 2.41. The zero-order valence-corrected chi connectivity index (χ0v) is 10.4. The number of aromatic nitrogens is 1.